The molecule has 0 amide bonds. The first kappa shape index (κ1) is 77.7. The van der Waals surface area contributed by atoms with Crippen molar-refractivity contribution < 1.29 is 29.9 Å². The fourth-order valence-electron chi connectivity index (χ4n) is 11.7. The lowest BCUT2D eigenvalue weighted by Crippen LogP contribution is -2.40. The molecule has 0 bridgehead atoms. The Kier molecular flexibility index (Phi) is 65.6. The maximum atomic E-state index is 11.2. The molecule has 0 fully saturated rings. The number of aliphatic hydroxyl groups excluding tert-OH is 4. The maximum Gasteiger partial charge on any atom is 0.0701 e. The average Bonchev–Trinajstić information content (AvgIpc) is 3.42. The van der Waals surface area contributed by atoms with E-state index in [4.69, 9.17) is 9.47 Å². The summed E-state index contributed by atoms with van der Waals surface area (Å²) in [4.78, 5) is 4.47. The third kappa shape index (κ3) is 61.7. The number of aliphatic hydroxyl groups is 4. The molecule has 0 aliphatic heterocycles. The van der Waals surface area contributed by atoms with Crippen LogP contribution in [0.3, 0.4) is 0 Å². The highest BCUT2D eigenvalue weighted by atomic mass is 16.5. The van der Waals surface area contributed by atoms with Crippen LogP contribution in [0, 0.1) is 0 Å². The number of hydrogen-bond donors (Lipinski definition) is 4. The topological polar surface area (TPSA) is 106 Å². The highest BCUT2D eigenvalue weighted by molar-refractivity contribution is 4.72. The van der Waals surface area contributed by atoms with E-state index >= 15 is 0 Å². The monoisotopic (exact) mass is 1110 g/mol. The summed E-state index contributed by atoms with van der Waals surface area (Å²) in [5, 5.41) is 44.6. The first-order valence-corrected chi connectivity index (χ1v) is 35.7. The van der Waals surface area contributed by atoms with Gasteiger partial charge in [-0.15, -0.1) is 0 Å². The van der Waals surface area contributed by atoms with Gasteiger partial charge in [-0.1, -0.05) is 336 Å². The van der Waals surface area contributed by atoms with E-state index in [-0.39, 0.29) is 24.4 Å². The molecule has 0 radical (unpaired) electrons. The Labute approximate surface area is 489 Å². The van der Waals surface area contributed by atoms with Crippen molar-refractivity contribution in [1.29, 1.82) is 0 Å². The first-order chi connectivity index (χ1) is 38.4. The Morgan fingerprint density at radius 2 is 0.372 bits per heavy atom. The zero-order chi connectivity index (χ0) is 56.7. The zero-order valence-corrected chi connectivity index (χ0v) is 53.6. The van der Waals surface area contributed by atoms with Gasteiger partial charge in [-0.3, -0.25) is 9.80 Å². The molecule has 78 heavy (non-hydrogen) atoms. The molecule has 0 rings (SSSR count). The number of nitrogens with zero attached hydrogens (tertiary/aromatic N) is 2. The molecular weight excluding hydrogens is 965 g/mol. The van der Waals surface area contributed by atoms with Crippen LogP contribution in [-0.2, 0) is 9.47 Å². The lowest BCUT2D eigenvalue weighted by molar-refractivity contribution is 0.00694. The van der Waals surface area contributed by atoms with Gasteiger partial charge in [-0.25, -0.2) is 0 Å². The molecule has 0 heterocycles. The fourth-order valence-corrected chi connectivity index (χ4v) is 11.7. The van der Waals surface area contributed by atoms with E-state index in [0.717, 1.165) is 51.4 Å². The molecule has 0 aromatic carbocycles. The van der Waals surface area contributed by atoms with E-state index in [1.165, 1.54) is 283 Å². The van der Waals surface area contributed by atoms with Crippen LogP contribution in [0.4, 0.5) is 0 Å². The summed E-state index contributed by atoms with van der Waals surface area (Å²) in [6.45, 7) is 14.9. The highest BCUT2D eigenvalue weighted by Gasteiger charge is 2.18. The van der Waals surface area contributed by atoms with Crippen molar-refractivity contribution in [3.05, 3.63) is 0 Å². The van der Waals surface area contributed by atoms with Crippen molar-refractivity contribution in [1.82, 2.24) is 9.80 Å². The van der Waals surface area contributed by atoms with Gasteiger partial charge < -0.3 is 29.9 Å². The largest absolute Gasteiger partial charge is 0.392 e. The third-order valence-corrected chi connectivity index (χ3v) is 16.9. The minimum Gasteiger partial charge on any atom is -0.392 e. The Morgan fingerprint density at radius 3 is 0.538 bits per heavy atom. The van der Waals surface area contributed by atoms with Crippen LogP contribution < -0.4 is 0 Å². The van der Waals surface area contributed by atoms with E-state index in [0.29, 0.717) is 65.7 Å². The summed E-state index contributed by atoms with van der Waals surface area (Å²) in [5.41, 5.74) is 0. The van der Waals surface area contributed by atoms with Crippen LogP contribution >= 0.6 is 0 Å². The van der Waals surface area contributed by atoms with Gasteiger partial charge >= 0.3 is 0 Å². The Hall–Kier alpha value is -0.320. The van der Waals surface area contributed by atoms with Crippen molar-refractivity contribution in [2.75, 3.05) is 65.7 Å². The first-order valence-electron chi connectivity index (χ1n) is 35.7. The molecule has 4 unspecified atom stereocenters. The van der Waals surface area contributed by atoms with Crippen molar-refractivity contribution in [3.8, 4) is 0 Å². The number of unbranched alkanes of at least 4 members (excludes halogenated alkanes) is 44. The third-order valence-electron chi connectivity index (χ3n) is 16.9. The van der Waals surface area contributed by atoms with Gasteiger partial charge in [-0.2, -0.15) is 0 Å². The van der Waals surface area contributed by atoms with Crippen LogP contribution in [0.15, 0.2) is 0 Å². The molecule has 4 N–H and O–H groups in total. The summed E-state index contributed by atoms with van der Waals surface area (Å²) in [5.74, 6) is 0. The van der Waals surface area contributed by atoms with Crippen molar-refractivity contribution >= 4 is 0 Å². The molecule has 0 aliphatic carbocycles. The maximum absolute atomic E-state index is 11.2. The van der Waals surface area contributed by atoms with Crippen LogP contribution in [0.5, 0.6) is 0 Å². The molecular formula is C70H144N2O6. The molecule has 0 spiro atoms. The SMILES string of the molecule is CCCCCCCCCCCCCCC(O)CN(CCOCCOCCN(CC(O)CCCCCCCCCCCCCC)CC(O)CCCCCCCCCCCCCC)CC(O)CCCCCCCCCCCCCC. The molecule has 0 aliphatic rings. The van der Waals surface area contributed by atoms with Crippen LogP contribution in [0.25, 0.3) is 0 Å². The van der Waals surface area contributed by atoms with Crippen molar-refractivity contribution in [2.45, 2.75) is 386 Å². The van der Waals surface area contributed by atoms with Gasteiger partial charge in [0.15, 0.2) is 0 Å². The van der Waals surface area contributed by atoms with Gasteiger partial charge in [0.25, 0.3) is 0 Å². The molecule has 0 aromatic heterocycles. The Morgan fingerprint density at radius 1 is 0.218 bits per heavy atom. The molecule has 0 aromatic rings. The molecule has 8 nitrogen and oxygen atoms in total. The second-order valence-corrected chi connectivity index (χ2v) is 25.1. The minimum absolute atomic E-state index is 0.385. The Bertz CT molecular complexity index is 932. The van der Waals surface area contributed by atoms with E-state index < -0.39 is 0 Å². The lowest BCUT2D eigenvalue weighted by atomic mass is 10.0. The molecule has 0 saturated carbocycles. The molecule has 470 valence electrons. The normalized spacial score (nSPS) is 13.6. The van der Waals surface area contributed by atoms with Gasteiger partial charge in [-0.05, 0) is 25.7 Å². The number of rotatable bonds is 69. The summed E-state index contributed by atoms with van der Waals surface area (Å²) in [6.07, 6.45) is 65.1. The smallest absolute Gasteiger partial charge is 0.0701 e. The quantitative estimate of drug-likeness (QED) is 0.0447. The van der Waals surface area contributed by atoms with Crippen LogP contribution in [0.2, 0.25) is 0 Å². The molecule has 0 saturated heterocycles. The lowest BCUT2D eigenvalue weighted by Gasteiger charge is -2.28. The van der Waals surface area contributed by atoms with Gasteiger partial charge in [0.1, 0.15) is 0 Å². The fraction of sp³-hybridized carbons (Fsp3) is 1.00. The minimum atomic E-state index is -0.385. The number of hydrogen-bond acceptors (Lipinski definition) is 8. The molecule has 4 atom stereocenters. The summed E-state index contributed by atoms with van der Waals surface area (Å²) >= 11 is 0. The summed E-state index contributed by atoms with van der Waals surface area (Å²) in [7, 11) is 0. The van der Waals surface area contributed by atoms with Crippen LogP contribution in [-0.4, -0.2) is 120 Å². The van der Waals surface area contributed by atoms with Gasteiger partial charge in [0.05, 0.1) is 50.8 Å². The number of ether oxygens (including phenoxy) is 2. The zero-order valence-electron chi connectivity index (χ0n) is 53.6. The Balaban J connectivity index is 4.89. The van der Waals surface area contributed by atoms with E-state index in [2.05, 4.69) is 37.5 Å². The standard InChI is InChI=1S/C70H144N2O6/c1-5-9-13-17-21-25-29-33-37-41-45-49-53-67(73)63-71(64-68(74)54-50-46-42-38-34-30-26-22-18-14-10-6-2)57-59-77-61-62-78-60-58-72(65-69(75)55-51-47-43-39-35-31-27-23-19-15-11-7-3)66-70(76)56-52-48-44-40-36-32-28-24-20-16-12-8-4/h67-70,73-76H,5-66H2,1-4H3. The van der Waals surface area contributed by atoms with E-state index in [1.54, 1.807) is 0 Å². The van der Waals surface area contributed by atoms with Crippen molar-refractivity contribution in [2.24, 2.45) is 0 Å². The van der Waals surface area contributed by atoms with E-state index in [1.807, 2.05) is 0 Å². The molecule has 8 heteroatoms. The predicted molar refractivity (Wildman–Crippen MR) is 341 cm³/mol. The van der Waals surface area contributed by atoms with Crippen molar-refractivity contribution in [3.63, 3.8) is 0 Å². The summed E-state index contributed by atoms with van der Waals surface area (Å²) in [6, 6.07) is 0. The second kappa shape index (κ2) is 65.8. The summed E-state index contributed by atoms with van der Waals surface area (Å²) < 4.78 is 12.2. The second-order valence-electron chi connectivity index (χ2n) is 25.1. The predicted octanol–water partition coefficient (Wildman–Crippen LogP) is 19.4. The average molecular weight is 1110 g/mol. The van der Waals surface area contributed by atoms with Crippen LogP contribution in [0.1, 0.15) is 362 Å². The van der Waals surface area contributed by atoms with E-state index in [9.17, 15) is 20.4 Å². The highest BCUT2D eigenvalue weighted by Crippen LogP contribution is 2.19. The van der Waals surface area contributed by atoms with Gasteiger partial charge in [0, 0.05) is 39.3 Å². The van der Waals surface area contributed by atoms with Gasteiger partial charge in [0.2, 0.25) is 0 Å².